The van der Waals surface area contributed by atoms with Gasteiger partial charge in [-0.25, -0.2) is 0 Å². The molecule has 3 aromatic rings. The molecule has 0 amide bonds. The maximum Gasteiger partial charge on any atom is -1.00 e. The van der Waals surface area contributed by atoms with E-state index < -0.39 is 8.07 Å². The SMILES string of the molecule is Cc1cc(C)cc([Si](C2=[C]([Ti+3])CC=C2C(C)(C)C)(c2cc(C)cc(C)c2)c2cc(C(C)(C)C)cc(C(C)(C)C)c2)c1.[Cl-].[Cl-].[Cl-]. The van der Waals surface area contributed by atoms with Gasteiger partial charge >= 0.3 is 265 Å². The Morgan fingerprint density at radius 2 is 0.841 bits per heavy atom. The van der Waals surface area contributed by atoms with Crippen LogP contribution in [-0.2, 0) is 31.3 Å². The number of allylic oxidation sites excluding steroid dienone is 4. The third-order valence-corrected chi connectivity index (χ3v) is 14.6. The zero-order valence-electron chi connectivity index (χ0n) is 29.1. The summed E-state index contributed by atoms with van der Waals surface area (Å²) in [6.07, 6.45) is 3.59. The van der Waals surface area contributed by atoms with Gasteiger partial charge in [-0.05, 0) is 0 Å². The van der Waals surface area contributed by atoms with Gasteiger partial charge in [-0.3, -0.25) is 0 Å². The number of hydrogen-bond acceptors (Lipinski definition) is 0. The molecule has 1 aliphatic carbocycles. The number of benzene rings is 3. The Kier molecular flexibility index (Phi) is 13.4. The molecule has 3 aromatic carbocycles. The molecule has 4 rings (SSSR count). The summed E-state index contributed by atoms with van der Waals surface area (Å²) in [5, 5.41) is 6.18. The first-order valence-corrected chi connectivity index (χ1v) is 18.0. The normalized spacial score (nSPS) is 14.0. The smallest absolute Gasteiger partial charge is 1.00 e. The van der Waals surface area contributed by atoms with E-state index in [2.05, 4.69) is 171 Å². The van der Waals surface area contributed by atoms with Crippen molar-refractivity contribution in [2.75, 3.05) is 0 Å². The van der Waals surface area contributed by atoms with Crippen molar-refractivity contribution in [1.29, 1.82) is 0 Å². The van der Waals surface area contributed by atoms with Gasteiger partial charge < -0.3 is 37.2 Å². The van der Waals surface area contributed by atoms with E-state index in [4.69, 9.17) is 0 Å². The van der Waals surface area contributed by atoms with Crippen LogP contribution in [0.15, 0.2) is 75.3 Å². The van der Waals surface area contributed by atoms with Gasteiger partial charge in [0, 0.05) is 0 Å². The third-order valence-electron chi connectivity index (χ3n) is 8.67. The first kappa shape index (κ1) is 41.0. The Bertz CT molecular complexity index is 1440. The van der Waals surface area contributed by atoms with Gasteiger partial charge in [0.05, 0.1) is 0 Å². The summed E-state index contributed by atoms with van der Waals surface area (Å²) < 4.78 is 1.54. The van der Waals surface area contributed by atoms with Crippen LogP contribution in [-0.4, -0.2) is 8.07 Å². The Balaban J connectivity index is 0.00000323. The van der Waals surface area contributed by atoms with Crippen LogP contribution in [0.25, 0.3) is 0 Å². The maximum atomic E-state index is 2.61. The molecule has 0 bridgehead atoms. The molecular formula is C39H51Cl3SiTi. The average molecular weight is 702 g/mol. The van der Waals surface area contributed by atoms with Crippen molar-refractivity contribution in [3.63, 3.8) is 0 Å². The van der Waals surface area contributed by atoms with Crippen molar-refractivity contribution in [2.45, 2.75) is 107 Å². The summed E-state index contributed by atoms with van der Waals surface area (Å²) in [4.78, 5) is 0. The van der Waals surface area contributed by atoms with Crippen LogP contribution in [0.4, 0.5) is 0 Å². The molecule has 0 atom stereocenters. The molecule has 0 N–H and O–H groups in total. The van der Waals surface area contributed by atoms with E-state index in [9.17, 15) is 0 Å². The molecule has 1 aliphatic rings. The van der Waals surface area contributed by atoms with Crippen LogP contribution < -0.4 is 52.8 Å². The van der Waals surface area contributed by atoms with Crippen molar-refractivity contribution in [3.8, 4) is 0 Å². The molecule has 0 spiro atoms. The second-order valence-electron chi connectivity index (χ2n) is 15.7. The van der Waals surface area contributed by atoms with Gasteiger partial charge in [-0.1, -0.05) is 0 Å². The molecule has 0 heterocycles. The van der Waals surface area contributed by atoms with Gasteiger partial charge in [0.2, 0.25) is 0 Å². The first-order chi connectivity index (χ1) is 18.7. The van der Waals surface area contributed by atoms with Crippen LogP contribution in [0.1, 0.15) is 102 Å². The van der Waals surface area contributed by atoms with Gasteiger partial charge in [-0.2, -0.15) is 0 Å². The van der Waals surface area contributed by atoms with E-state index in [1.165, 1.54) is 48.9 Å². The fraction of sp³-hybridized carbons (Fsp3) is 0.436. The Labute approximate surface area is 300 Å². The van der Waals surface area contributed by atoms with Gasteiger partial charge in [0.15, 0.2) is 0 Å². The minimum atomic E-state index is -2.76. The van der Waals surface area contributed by atoms with Crippen LogP contribution in [0.2, 0.25) is 0 Å². The summed E-state index contributed by atoms with van der Waals surface area (Å²) in [6, 6.07) is 22.5. The van der Waals surface area contributed by atoms with Crippen LogP contribution in [0, 0.1) is 33.1 Å². The largest absolute Gasteiger partial charge is 1.00 e. The fourth-order valence-corrected chi connectivity index (χ4v) is 13.8. The Morgan fingerprint density at radius 1 is 0.500 bits per heavy atom. The predicted octanol–water partition coefficient (Wildman–Crippen LogP) is -0.286. The van der Waals surface area contributed by atoms with Crippen molar-refractivity contribution in [3.05, 3.63) is 109 Å². The topological polar surface area (TPSA) is 0 Å². The summed E-state index contributed by atoms with van der Waals surface area (Å²) in [6.45, 7) is 30.6. The summed E-state index contributed by atoms with van der Waals surface area (Å²) in [5.74, 6) is 0. The average Bonchev–Trinajstić information content (AvgIpc) is 3.19. The molecule has 44 heavy (non-hydrogen) atoms. The Hall–Kier alpha value is -1.06. The molecular weight excluding hydrogens is 651 g/mol. The van der Waals surface area contributed by atoms with Gasteiger partial charge in [0.25, 0.3) is 0 Å². The van der Waals surface area contributed by atoms with Crippen molar-refractivity contribution < 1.29 is 57.7 Å². The van der Waals surface area contributed by atoms with Gasteiger partial charge in [0.1, 0.15) is 0 Å². The number of hydrogen-bond donors (Lipinski definition) is 0. The van der Waals surface area contributed by atoms with Crippen molar-refractivity contribution in [1.82, 2.24) is 0 Å². The van der Waals surface area contributed by atoms with Crippen LogP contribution in [0.5, 0.6) is 0 Å². The molecule has 0 saturated heterocycles. The third kappa shape index (κ3) is 8.07. The van der Waals surface area contributed by atoms with Crippen LogP contribution >= 0.6 is 0 Å². The molecule has 0 saturated carbocycles. The maximum absolute atomic E-state index is 2.76. The summed E-state index contributed by atoms with van der Waals surface area (Å²) >= 11 is 2.41. The predicted molar refractivity (Wildman–Crippen MR) is 180 cm³/mol. The van der Waals surface area contributed by atoms with Crippen molar-refractivity contribution in [2.24, 2.45) is 5.41 Å². The standard InChI is InChI=1S/C39H51Si.3ClH.Ti/c1-26-17-27(2)20-32(19-26)40(33-21-28(3)18-29(4)22-33,36-16-14-15-35(36)39(11,12)13)34-24-30(37(5,6)7)23-31(25-34)38(8,9)10;;;;/h15,17-25H,14H2,1-13H3;3*1H;/q;;;;+3/p-3. The molecule has 0 fully saturated rings. The van der Waals surface area contributed by atoms with E-state index in [0.717, 1.165) is 6.42 Å². The van der Waals surface area contributed by atoms with E-state index in [0.29, 0.717) is 0 Å². The monoisotopic (exact) mass is 700 g/mol. The minimum Gasteiger partial charge on any atom is -1.00 e. The molecule has 0 radical (unpaired) electrons. The summed E-state index contributed by atoms with van der Waals surface area (Å²) in [5.41, 5.74) is 9.95. The zero-order valence-corrected chi connectivity index (χ0v) is 33.9. The van der Waals surface area contributed by atoms with E-state index >= 15 is 0 Å². The molecule has 0 aromatic heterocycles. The van der Waals surface area contributed by atoms with Crippen molar-refractivity contribution >= 4 is 23.6 Å². The molecule has 0 unspecified atom stereocenters. The van der Waals surface area contributed by atoms with E-state index in [1.54, 1.807) is 14.6 Å². The zero-order chi connectivity index (χ0) is 30.7. The quantitative estimate of drug-likeness (QED) is 0.260. The summed E-state index contributed by atoms with van der Waals surface area (Å²) in [7, 11) is -2.76. The Morgan fingerprint density at radius 3 is 1.16 bits per heavy atom. The molecule has 236 valence electrons. The second-order valence-corrected chi connectivity index (χ2v) is 20.4. The molecule has 0 nitrogen and oxygen atoms in total. The molecule has 5 heteroatoms. The number of aryl methyl sites for hydroxylation is 4. The number of halogens is 3. The van der Waals surface area contributed by atoms with Gasteiger partial charge in [-0.15, -0.1) is 0 Å². The number of rotatable bonds is 4. The second kappa shape index (κ2) is 14.4. The fourth-order valence-electron chi connectivity index (χ4n) is 6.71. The first-order valence-electron chi connectivity index (χ1n) is 15.2. The van der Waals surface area contributed by atoms with E-state index in [-0.39, 0.29) is 53.5 Å². The minimum absolute atomic E-state index is 0. The van der Waals surface area contributed by atoms with Crippen LogP contribution in [0.3, 0.4) is 0 Å². The van der Waals surface area contributed by atoms with E-state index in [1.807, 2.05) is 0 Å². The molecule has 0 aliphatic heterocycles.